The van der Waals surface area contributed by atoms with Gasteiger partial charge in [-0.2, -0.15) is 0 Å². The second-order valence-electron chi connectivity index (χ2n) is 3.22. The van der Waals surface area contributed by atoms with E-state index in [1.165, 1.54) is 36.6 Å². The first-order valence-corrected chi connectivity index (χ1v) is 5.46. The lowest BCUT2D eigenvalue weighted by Gasteiger charge is -2.00. The number of nitrogens with zero attached hydrogens (tertiary/aromatic N) is 1. The minimum atomic E-state index is -0.283. The molecule has 0 atom stereocenters. The Labute approximate surface area is 96.0 Å². The van der Waals surface area contributed by atoms with Crippen molar-refractivity contribution >= 4 is 27.9 Å². The first-order chi connectivity index (χ1) is 7.65. The second-order valence-corrected chi connectivity index (χ2v) is 4.25. The van der Waals surface area contributed by atoms with Crippen LogP contribution in [0.4, 0.5) is 15.2 Å². The number of nitrogens with one attached hydrogen (secondary N) is 1. The molecule has 0 amide bonds. The Balaban J connectivity index is 2.14. The van der Waals surface area contributed by atoms with Crippen molar-refractivity contribution in [2.45, 2.75) is 6.92 Å². The molecule has 82 valence electrons. The molecule has 0 radical (unpaired) electrons. The molecule has 3 nitrogen and oxygen atoms in total. The van der Waals surface area contributed by atoms with Crippen molar-refractivity contribution in [1.82, 2.24) is 4.98 Å². The molecular formula is C11H9FN2OS. The number of ketones is 1. The van der Waals surface area contributed by atoms with Gasteiger partial charge in [0.25, 0.3) is 0 Å². The van der Waals surface area contributed by atoms with Gasteiger partial charge in [0.1, 0.15) is 5.82 Å². The van der Waals surface area contributed by atoms with Gasteiger partial charge in [-0.05, 0) is 24.3 Å². The van der Waals surface area contributed by atoms with Crippen molar-refractivity contribution in [1.29, 1.82) is 0 Å². The van der Waals surface area contributed by atoms with Crippen molar-refractivity contribution in [3.8, 4) is 0 Å². The van der Waals surface area contributed by atoms with Gasteiger partial charge in [-0.3, -0.25) is 4.79 Å². The highest BCUT2D eigenvalue weighted by atomic mass is 32.1. The molecule has 0 unspecified atom stereocenters. The fourth-order valence-electron chi connectivity index (χ4n) is 1.15. The first kappa shape index (κ1) is 10.8. The Hall–Kier alpha value is -1.75. The van der Waals surface area contributed by atoms with E-state index in [0.29, 0.717) is 10.0 Å². The number of anilines is 2. The van der Waals surface area contributed by atoms with Gasteiger partial charge in [0.05, 0.1) is 11.1 Å². The summed E-state index contributed by atoms with van der Waals surface area (Å²) in [5.41, 5.74) is 0.742. The van der Waals surface area contributed by atoms with Crippen molar-refractivity contribution in [2.24, 2.45) is 0 Å². The van der Waals surface area contributed by atoms with Crippen molar-refractivity contribution < 1.29 is 9.18 Å². The summed E-state index contributed by atoms with van der Waals surface area (Å²) in [6.45, 7) is 1.50. The minimum absolute atomic E-state index is 0.00958. The highest BCUT2D eigenvalue weighted by Gasteiger charge is 2.05. The van der Waals surface area contributed by atoms with Crippen LogP contribution in [0.2, 0.25) is 0 Å². The lowest BCUT2D eigenvalue weighted by Crippen LogP contribution is -1.88. The number of carbonyl (C=O) groups excluding carboxylic acids is 1. The zero-order chi connectivity index (χ0) is 11.5. The van der Waals surface area contributed by atoms with Gasteiger partial charge in [-0.15, -0.1) is 0 Å². The molecule has 0 saturated carbocycles. The predicted octanol–water partition coefficient (Wildman–Crippen LogP) is 3.23. The van der Waals surface area contributed by atoms with Crippen LogP contribution in [0.25, 0.3) is 0 Å². The van der Waals surface area contributed by atoms with Crippen LogP contribution >= 0.6 is 11.3 Å². The van der Waals surface area contributed by atoms with Crippen molar-refractivity contribution in [3.05, 3.63) is 41.2 Å². The van der Waals surface area contributed by atoms with Crippen LogP contribution < -0.4 is 5.32 Å². The standard InChI is InChI=1S/C11H9FN2OS/c1-7(15)10-6-13-11(16-10)14-9-4-2-8(12)3-5-9/h2-6H,1H3,(H,13,14). The molecule has 0 aliphatic heterocycles. The maximum Gasteiger partial charge on any atom is 0.187 e. The van der Waals surface area contributed by atoms with Crippen LogP contribution in [0, 0.1) is 5.82 Å². The molecule has 2 aromatic rings. The third kappa shape index (κ3) is 2.43. The van der Waals surface area contributed by atoms with Crippen LogP contribution in [0.5, 0.6) is 0 Å². The zero-order valence-electron chi connectivity index (χ0n) is 8.53. The summed E-state index contributed by atoms with van der Waals surface area (Å²) < 4.78 is 12.6. The monoisotopic (exact) mass is 236 g/mol. The number of benzene rings is 1. The first-order valence-electron chi connectivity index (χ1n) is 4.64. The fourth-order valence-corrected chi connectivity index (χ4v) is 1.88. The lowest BCUT2D eigenvalue weighted by molar-refractivity contribution is 0.102. The van der Waals surface area contributed by atoms with Gasteiger partial charge in [-0.25, -0.2) is 9.37 Å². The zero-order valence-corrected chi connectivity index (χ0v) is 9.34. The van der Waals surface area contributed by atoms with Crippen LogP contribution in [-0.4, -0.2) is 10.8 Å². The van der Waals surface area contributed by atoms with E-state index in [1.807, 2.05) is 0 Å². The molecule has 1 heterocycles. The Morgan fingerprint density at radius 1 is 1.38 bits per heavy atom. The number of Topliss-reactive ketones (excluding diaryl/α,β-unsaturated/α-hetero) is 1. The Morgan fingerprint density at radius 3 is 2.62 bits per heavy atom. The highest BCUT2D eigenvalue weighted by molar-refractivity contribution is 7.17. The minimum Gasteiger partial charge on any atom is -0.332 e. The van der Waals surface area contributed by atoms with Gasteiger partial charge in [-0.1, -0.05) is 11.3 Å². The summed E-state index contributed by atoms with van der Waals surface area (Å²) in [5.74, 6) is -0.293. The van der Waals surface area contributed by atoms with Gasteiger partial charge in [0.15, 0.2) is 10.9 Å². The van der Waals surface area contributed by atoms with E-state index >= 15 is 0 Å². The fraction of sp³-hybridized carbons (Fsp3) is 0.0909. The summed E-state index contributed by atoms with van der Waals surface area (Å²) in [4.78, 5) is 15.7. The summed E-state index contributed by atoms with van der Waals surface area (Å²) >= 11 is 1.27. The van der Waals surface area contributed by atoms with Crippen LogP contribution in [0.1, 0.15) is 16.6 Å². The van der Waals surface area contributed by atoms with E-state index in [1.54, 1.807) is 12.1 Å². The lowest BCUT2D eigenvalue weighted by atomic mass is 10.3. The molecule has 0 spiro atoms. The van der Waals surface area contributed by atoms with E-state index in [9.17, 15) is 9.18 Å². The SMILES string of the molecule is CC(=O)c1cnc(Nc2ccc(F)cc2)s1. The molecule has 0 aliphatic carbocycles. The third-order valence-corrected chi connectivity index (χ3v) is 2.96. The predicted molar refractivity (Wildman–Crippen MR) is 61.8 cm³/mol. The maximum absolute atomic E-state index is 12.6. The Morgan fingerprint density at radius 2 is 2.06 bits per heavy atom. The topological polar surface area (TPSA) is 42.0 Å². The van der Waals surface area contributed by atoms with E-state index in [2.05, 4.69) is 10.3 Å². The second kappa shape index (κ2) is 4.40. The molecule has 0 fully saturated rings. The molecule has 1 N–H and O–H groups in total. The van der Waals surface area contributed by atoms with Crippen molar-refractivity contribution in [2.75, 3.05) is 5.32 Å². The van der Waals surface area contributed by atoms with E-state index in [-0.39, 0.29) is 11.6 Å². The molecule has 0 bridgehead atoms. The number of hydrogen-bond acceptors (Lipinski definition) is 4. The average Bonchev–Trinajstić information content (AvgIpc) is 2.70. The van der Waals surface area contributed by atoms with Crippen LogP contribution in [0.15, 0.2) is 30.5 Å². The molecule has 2 rings (SSSR count). The molecule has 0 aliphatic rings. The molecule has 0 saturated heterocycles. The number of carbonyl (C=O) groups is 1. The summed E-state index contributed by atoms with van der Waals surface area (Å²) in [7, 11) is 0. The van der Waals surface area contributed by atoms with E-state index in [4.69, 9.17) is 0 Å². The molecular weight excluding hydrogens is 227 g/mol. The summed E-state index contributed by atoms with van der Waals surface area (Å²) in [6.07, 6.45) is 1.53. The number of thiazole rings is 1. The number of aromatic nitrogens is 1. The molecule has 16 heavy (non-hydrogen) atoms. The quantitative estimate of drug-likeness (QED) is 0.832. The number of halogens is 1. The number of rotatable bonds is 3. The largest absolute Gasteiger partial charge is 0.332 e. The highest BCUT2D eigenvalue weighted by Crippen LogP contribution is 2.22. The van der Waals surface area contributed by atoms with Crippen LogP contribution in [0.3, 0.4) is 0 Å². The average molecular weight is 236 g/mol. The van der Waals surface area contributed by atoms with Gasteiger partial charge < -0.3 is 5.32 Å². The Bertz CT molecular complexity index is 507. The summed E-state index contributed by atoms with van der Waals surface area (Å²) in [5, 5.41) is 3.62. The molecule has 5 heteroatoms. The molecule has 1 aromatic carbocycles. The van der Waals surface area contributed by atoms with Gasteiger partial charge in [0.2, 0.25) is 0 Å². The summed E-state index contributed by atoms with van der Waals surface area (Å²) in [6, 6.07) is 5.96. The normalized spacial score (nSPS) is 10.1. The van der Waals surface area contributed by atoms with Gasteiger partial charge in [0, 0.05) is 12.6 Å². The van der Waals surface area contributed by atoms with E-state index in [0.717, 1.165) is 5.69 Å². The van der Waals surface area contributed by atoms with Crippen molar-refractivity contribution in [3.63, 3.8) is 0 Å². The maximum atomic E-state index is 12.6. The van der Waals surface area contributed by atoms with Gasteiger partial charge >= 0.3 is 0 Å². The molecule has 1 aromatic heterocycles. The Kier molecular flexibility index (Phi) is 2.96. The third-order valence-electron chi connectivity index (χ3n) is 1.95. The number of hydrogen-bond donors (Lipinski definition) is 1. The smallest absolute Gasteiger partial charge is 0.187 e. The van der Waals surface area contributed by atoms with Crippen LogP contribution in [-0.2, 0) is 0 Å². The van der Waals surface area contributed by atoms with E-state index < -0.39 is 0 Å².